The van der Waals surface area contributed by atoms with E-state index in [0.29, 0.717) is 11.6 Å². The molecule has 0 N–H and O–H groups in total. The monoisotopic (exact) mass is 291 g/mol. The molecule has 5 nitrogen and oxygen atoms in total. The van der Waals surface area contributed by atoms with E-state index in [1.54, 1.807) is 13.1 Å². The van der Waals surface area contributed by atoms with E-state index in [4.69, 9.17) is 16.3 Å². The Labute approximate surface area is 122 Å². The number of carbonyl (C=O) groups is 1. The van der Waals surface area contributed by atoms with Gasteiger partial charge in [-0.25, -0.2) is 14.8 Å². The summed E-state index contributed by atoms with van der Waals surface area (Å²) in [6, 6.07) is 7.27. The fourth-order valence-corrected chi connectivity index (χ4v) is 1.87. The Morgan fingerprint density at radius 2 is 1.90 bits per heavy atom. The normalized spacial score (nSPS) is 10.2. The molecule has 1 aromatic carbocycles. The van der Waals surface area contributed by atoms with Crippen LogP contribution >= 0.6 is 11.6 Å². The Balaban J connectivity index is 2.20. The minimum absolute atomic E-state index is 0.0780. The summed E-state index contributed by atoms with van der Waals surface area (Å²) in [6.07, 6.45) is 0.949. The van der Waals surface area contributed by atoms with Gasteiger partial charge in [0.2, 0.25) is 5.28 Å². The summed E-state index contributed by atoms with van der Waals surface area (Å²) in [7, 11) is 1.56. The molecule has 0 spiro atoms. The zero-order valence-corrected chi connectivity index (χ0v) is 12.2. The summed E-state index contributed by atoms with van der Waals surface area (Å²) in [5.74, 6) is 0.936. The van der Waals surface area contributed by atoms with Gasteiger partial charge in [-0.15, -0.1) is 0 Å². The average Bonchev–Trinajstić information content (AvgIpc) is 2.42. The van der Waals surface area contributed by atoms with Gasteiger partial charge >= 0.3 is 6.09 Å². The van der Waals surface area contributed by atoms with Crippen molar-refractivity contribution in [2.75, 3.05) is 11.9 Å². The summed E-state index contributed by atoms with van der Waals surface area (Å²) in [6.45, 7) is 3.77. The van der Waals surface area contributed by atoms with Gasteiger partial charge in [0.25, 0.3) is 0 Å². The van der Waals surface area contributed by atoms with E-state index in [2.05, 4.69) is 9.97 Å². The maximum Gasteiger partial charge on any atom is 0.420 e. The number of halogens is 1. The van der Waals surface area contributed by atoms with Crippen molar-refractivity contribution in [1.82, 2.24) is 9.97 Å². The van der Waals surface area contributed by atoms with Crippen LogP contribution < -0.4 is 9.64 Å². The van der Waals surface area contributed by atoms with E-state index >= 15 is 0 Å². The van der Waals surface area contributed by atoms with E-state index < -0.39 is 6.09 Å². The van der Waals surface area contributed by atoms with Gasteiger partial charge in [0.1, 0.15) is 11.6 Å². The molecule has 0 unspecified atom stereocenters. The Kier molecular flexibility index (Phi) is 4.20. The molecular formula is C14H14ClN3O2. The number of benzene rings is 1. The number of anilines is 1. The third kappa shape index (κ3) is 3.05. The first-order valence-electron chi connectivity index (χ1n) is 5.99. The zero-order chi connectivity index (χ0) is 14.7. The van der Waals surface area contributed by atoms with Crippen LogP contribution in [0.15, 0.2) is 30.5 Å². The predicted octanol–water partition coefficient (Wildman–Crippen LogP) is 3.38. The van der Waals surface area contributed by atoms with Gasteiger partial charge in [0.05, 0.1) is 0 Å². The van der Waals surface area contributed by atoms with Crippen LogP contribution in [0.1, 0.15) is 11.1 Å². The number of nitrogens with zero attached hydrogens (tertiary/aromatic N) is 3. The SMILES string of the molecule is Cc1cccc(C)c1OC(=O)N(C)c1ccnc(Cl)n1. The molecule has 0 saturated carbocycles. The lowest BCUT2D eigenvalue weighted by molar-refractivity contribution is 0.208. The number of rotatable bonds is 2. The van der Waals surface area contributed by atoms with Gasteiger partial charge in [0, 0.05) is 13.2 Å². The highest BCUT2D eigenvalue weighted by Crippen LogP contribution is 2.23. The molecule has 0 radical (unpaired) electrons. The molecule has 2 rings (SSSR count). The quantitative estimate of drug-likeness (QED) is 0.796. The van der Waals surface area contributed by atoms with Crippen molar-refractivity contribution in [2.24, 2.45) is 0 Å². The van der Waals surface area contributed by atoms with Crippen LogP contribution in [0, 0.1) is 13.8 Å². The van der Waals surface area contributed by atoms with Crippen LogP contribution in [0.3, 0.4) is 0 Å². The van der Waals surface area contributed by atoms with Gasteiger partial charge in [-0.2, -0.15) is 0 Å². The van der Waals surface area contributed by atoms with Crippen LogP contribution in [0.4, 0.5) is 10.6 Å². The second-order valence-corrected chi connectivity index (χ2v) is 4.67. The minimum atomic E-state index is -0.530. The molecular weight excluding hydrogens is 278 g/mol. The highest BCUT2D eigenvalue weighted by atomic mass is 35.5. The molecule has 6 heteroatoms. The van der Waals surface area contributed by atoms with Gasteiger partial charge in [-0.1, -0.05) is 18.2 Å². The van der Waals surface area contributed by atoms with E-state index in [1.165, 1.54) is 11.1 Å². The first-order valence-corrected chi connectivity index (χ1v) is 6.37. The van der Waals surface area contributed by atoms with Crippen molar-refractivity contribution in [3.8, 4) is 5.75 Å². The maximum absolute atomic E-state index is 12.1. The highest BCUT2D eigenvalue weighted by Gasteiger charge is 2.17. The molecule has 0 atom stereocenters. The number of hydrogen-bond acceptors (Lipinski definition) is 4. The fraction of sp³-hybridized carbons (Fsp3) is 0.214. The molecule has 0 saturated heterocycles. The molecule has 1 heterocycles. The third-order valence-electron chi connectivity index (χ3n) is 2.83. The van der Waals surface area contributed by atoms with E-state index in [0.717, 1.165) is 11.1 Å². The van der Waals surface area contributed by atoms with Crippen LogP contribution in [0.2, 0.25) is 5.28 Å². The van der Waals surface area contributed by atoms with Crippen LogP contribution in [-0.4, -0.2) is 23.1 Å². The zero-order valence-electron chi connectivity index (χ0n) is 11.4. The Morgan fingerprint density at radius 1 is 1.25 bits per heavy atom. The van der Waals surface area contributed by atoms with Crippen molar-refractivity contribution >= 4 is 23.5 Å². The Bertz CT molecular complexity index is 626. The molecule has 2 aromatic rings. The Hall–Kier alpha value is -2.14. The highest BCUT2D eigenvalue weighted by molar-refractivity contribution is 6.28. The summed E-state index contributed by atoms with van der Waals surface area (Å²) < 4.78 is 5.42. The predicted molar refractivity (Wildman–Crippen MR) is 77.4 cm³/mol. The number of ether oxygens (including phenoxy) is 1. The van der Waals surface area contributed by atoms with E-state index in [1.807, 2.05) is 32.0 Å². The van der Waals surface area contributed by atoms with Crippen LogP contribution in [0.25, 0.3) is 0 Å². The van der Waals surface area contributed by atoms with Crippen molar-refractivity contribution in [2.45, 2.75) is 13.8 Å². The number of para-hydroxylation sites is 1. The van der Waals surface area contributed by atoms with Crippen molar-refractivity contribution < 1.29 is 9.53 Å². The van der Waals surface area contributed by atoms with Crippen molar-refractivity contribution in [3.05, 3.63) is 46.9 Å². The molecule has 0 aliphatic carbocycles. The molecule has 0 aliphatic heterocycles. The third-order valence-corrected chi connectivity index (χ3v) is 3.01. The van der Waals surface area contributed by atoms with Gasteiger partial charge in [0.15, 0.2) is 0 Å². The fourth-order valence-electron chi connectivity index (χ4n) is 1.72. The van der Waals surface area contributed by atoms with Crippen LogP contribution in [0.5, 0.6) is 5.75 Å². The maximum atomic E-state index is 12.1. The molecule has 0 fully saturated rings. The largest absolute Gasteiger partial charge is 0.420 e. The first kappa shape index (κ1) is 14.3. The molecule has 0 bridgehead atoms. The molecule has 104 valence electrons. The van der Waals surface area contributed by atoms with Gasteiger partial charge in [-0.3, -0.25) is 4.90 Å². The first-order chi connectivity index (χ1) is 9.49. The second-order valence-electron chi connectivity index (χ2n) is 4.33. The number of aryl methyl sites for hydroxylation is 2. The summed E-state index contributed by atoms with van der Waals surface area (Å²) in [5.41, 5.74) is 1.79. The van der Waals surface area contributed by atoms with Crippen molar-refractivity contribution in [1.29, 1.82) is 0 Å². The van der Waals surface area contributed by atoms with E-state index in [-0.39, 0.29) is 5.28 Å². The lowest BCUT2D eigenvalue weighted by atomic mass is 10.1. The lowest BCUT2D eigenvalue weighted by Gasteiger charge is -2.17. The standard InChI is InChI=1S/C14H14ClN3O2/c1-9-5-4-6-10(2)12(9)20-14(19)18(3)11-7-8-16-13(15)17-11/h4-8H,1-3H3. The molecule has 0 aliphatic rings. The minimum Gasteiger partial charge on any atom is -0.409 e. The molecule has 1 amide bonds. The number of amides is 1. The smallest absolute Gasteiger partial charge is 0.409 e. The van der Waals surface area contributed by atoms with Gasteiger partial charge in [-0.05, 0) is 42.6 Å². The lowest BCUT2D eigenvalue weighted by Crippen LogP contribution is -2.30. The molecule has 1 aromatic heterocycles. The number of hydrogen-bond donors (Lipinski definition) is 0. The number of carbonyl (C=O) groups excluding carboxylic acids is 1. The van der Waals surface area contributed by atoms with Crippen molar-refractivity contribution in [3.63, 3.8) is 0 Å². The van der Waals surface area contributed by atoms with E-state index in [9.17, 15) is 4.79 Å². The summed E-state index contributed by atoms with van der Waals surface area (Å²) in [4.78, 5) is 21.1. The second kappa shape index (κ2) is 5.88. The van der Waals surface area contributed by atoms with Crippen LogP contribution in [-0.2, 0) is 0 Å². The topological polar surface area (TPSA) is 55.3 Å². The Morgan fingerprint density at radius 3 is 2.50 bits per heavy atom. The number of aromatic nitrogens is 2. The summed E-state index contributed by atoms with van der Waals surface area (Å²) >= 11 is 5.70. The molecule has 20 heavy (non-hydrogen) atoms. The summed E-state index contributed by atoms with van der Waals surface area (Å²) in [5, 5.41) is 0.0780. The average molecular weight is 292 g/mol. The van der Waals surface area contributed by atoms with Gasteiger partial charge < -0.3 is 4.74 Å².